The average Bonchev–Trinajstić information content (AvgIpc) is 2.89. The second kappa shape index (κ2) is 12.9. The van der Waals surface area contributed by atoms with Gasteiger partial charge in [-0.1, -0.05) is 80.2 Å². The van der Waals surface area contributed by atoms with Crippen LogP contribution in [0.5, 0.6) is 0 Å². The van der Waals surface area contributed by atoms with E-state index in [0.717, 1.165) is 6.08 Å². The molecule has 0 aliphatic heterocycles. The molecule has 2 amide bonds. The van der Waals surface area contributed by atoms with Crippen molar-refractivity contribution in [1.82, 2.24) is 0 Å². The number of benzene rings is 2. The van der Waals surface area contributed by atoms with Crippen LogP contribution in [-0.4, -0.2) is 41.7 Å². The molecule has 3 unspecified atom stereocenters. The summed E-state index contributed by atoms with van der Waals surface area (Å²) in [4.78, 5) is 57.1. The fourth-order valence-electron chi connectivity index (χ4n) is 3.41. The van der Waals surface area contributed by atoms with E-state index in [-0.39, 0.29) is 18.1 Å². The Kier molecular flexibility index (Phi) is 9.37. The van der Waals surface area contributed by atoms with Crippen LogP contribution in [0.15, 0.2) is 95.5 Å². The molecule has 9 nitrogen and oxygen atoms in total. The highest BCUT2D eigenvalue weighted by Gasteiger charge is 2.27. The Morgan fingerprint density at radius 1 is 0.919 bits per heavy atom. The first-order chi connectivity index (χ1) is 17.8. The first-order valence-corrected chi connectivity index (χ1v) is 11.5. The standard InChI is InChI=1S/C28H26N2O7/c1-4-24(31)35-19(3)36-28(34)30-23-17-22(16-15-18(23)2)29-27(33)37-26(21-13-9-6-10-14-21)25(32)20-11-7-5-8-12-20/h4-16,18-19,26H,1,17H2,2-3H3/b29-22-,30-23+. The van der Waals surface area contributed by atoms with Crippen molar-refractivity contribution in [2.45, 2.75) is 32.7 Å². The summed E-state index contributed by atoms with van der Waals surface area (Å²) >= 11 is 0. The van der Waals surface area contributed by atoms with E-state index in [1.54, 1.807) is 72.8 Å². The second-order valence-electron chi connectivity index (χ2n) is 8.03. The predicted molar refractivity (Wildman–Crippen MR) is 136 cm³/mol. The number of rotatable bonds is 7. The SMILES string of the molecule is C=CC(=O)OC(C)OC(=O)/N=C1\C/C(=N\C(=O)OC(C(=O)c2ccccc2)c2ccccc2)C=CC1C. The van der Waals surface area contributed by atoms with Gasteiger partial charge in [-0.05, 0) is 6.08 Å². The number of carbonyl (C=O) groups is 4. The summed E-state index contributed by atoms with van der Waals surface area (Å²) in [5.74, 6) is -1.36. The molecule has 2 aromatic carbocycles. The largest absolute Gasteiger partial charge is 0.436 e. The van der Waals surface area contributed by atoms with Crippen LogP contribution in [0.2, 0.25) is 0 Å². The van der Waals surface area contributed by atoms with Crippen molar-refractivity contribution >= 4 is 35.4 Å². The van der Waals surface area contributed by atoms with Gasteiger partial charge in [-0.25, -0.2) is 14.4 Å². The van der Waals surface area contributed by atoms with E-state index < -0.39 is 30.5 Å². The van der Waals surface area contributed by atoms with Crippen LogP contribution in [0.4, 0.5) is 9.59 Å². The monoisotopic (exact) mass is 502 g/mol. The second-order valence-corrected chi connectivity index (χ2v) is 8.03. The Morgan fingerprint density at radius 3 is 2.19 bits per heavy atom. The third-order valence-electron chi connectivity index (χ3n) is 5.27. The summed E-state index contributed by atoms with van der Waals surface area (Å²) in [6.07, 6.45) is 0.105. The molecule has 3 rings (SSSR count). The maximum Gasteiger partial charge on any atom is 0.436 e. The summed E-state index contributed by atoms with van der Waals surface area (Å²) in [5, 5.41) is 0. The van der Waals surface area contributed by atoms with Crippen molar-refractivity contribution in [1.29, 1.82) is 0 Å². The minimum Gasteiger partial charge on any atom is -0.431 e. The van der Waals surface area contributed by atoms with E-state index >= 15 is 0 Å². The molecule has 1 aliphatic rings. The van der Waals surface area contributed by atoms with E-state index in [2.05, 4.69) is 16.6 Å². The molecule has 0 spiro atoms. The fourth-order valence-corrected chi connectivity index (χ4v) is 3.41. The Hall–Kier alpha value is -4.66. The van der Waals surface area contributed by atoms with Crippen LogP contribution in [-0.2, 0) is 19.0 Å². The lowest BCUT2D eigenvalue weighted by Crippen LogP contribution is -2.24. The van der Waals surface area contributed by atoms with Crippen molar-refractivity contribution in [2.75, 3.05) is 0 Å². The Balaban J connectivity index is 1.73. The molecule has 3 atom stereocenters. The van der Waals surface area contributed by atoms with Crippen LogP contribution in [0.1, 0.15) is 42.3 Å². The molecule has 0 saturated heterocycles. The van der Waals surface area contributed by atoms with Gasteiger partial charge in [0.1, 0.15) is 0 Å². The number of ketones is 1. The average molecular weight is 503 g/mol. The first kappa shape index (κ1) is 26.9. The van der Waals surface area contributed by atoms with Gasteiger partial charge in [-0.15, -0.1) is 0 Å². The molecule has 9 heteroatoms. The van der Waals surface area contributed by atoms with Crippen molar-refractivity contribution in [3.05, 3.63) is 96.6 Å². The van der Waals surface area contributed by atoms with Crippen LogP contribution in [0.3, 0.4) is 0 Å². The number of Topliss-reactive ketones (excluding diaryl/α,β-unsaturated/α-hetero) is 1. The van der Waals surface area contributed by atoms with E-state index in [1.165, 1.54) is 6.92 Å². The molecule has 0 N–H and O–H groups in total. The lowest BCUT2D eigenvalue weighted by Gasteiger charge is -2.18. The van der Waals surface area contributed by atoms with E-state index in [4.69, 9.17) is 14.2 Å². The minimum atomic E-state index is -1.19. The maximum atomic E-state index is 13.1. The van der Waals surface area contributed by atoms with Gasteiger partial charge < -0.3 is 14.2 Å². The summed E-state index contributed by atoms with van der Waals surface area (Å²) in [7, 11) is 0. The molecule has 2 aromatic rings. The van der Waals surface area contributed by atoms with Gasteiger partial charge in [0.25, 0.3) is 0 Å². The highest BCUT2D eigenvalue weighted by atomic mass is 16.7. The number of hydrogen-bond donors (Lipinski definition) is 0. The smallest absolute Gasteiger partial charge is 0.431 e. The Labute approximate surface area is 214 Å². The lowest BCUT2D eigenvalue weighted by molar-refractivity contribution is -0.158. The summed E-state index contributed by atoms with van der Waals surface area (Å²) < 4.78 is 15.2. The topological polar surface area (TPSA) is 121 Å². The number of aliphatic imine (C=N–C) groups is 2. The van der Waals surface area contributed by atoms with Gasteiger partial charge in [0.2, 0.25) is 12.1 Å². The van der Waals surface area contributed by atoms with Crippen LogP contribution >= 0.6 is 0 Å². The molecule has 1 aliphatic carbocycles. The van der Waals surface area contributed by atoms with E-state index in [9.17, 15) is 19.2 Å². The van der Waals surface area contributed by atoms with Gasteiger partial charge in [-0.3, -0.25) is 4.79 Å². The third kappa shape index (κ3) is 7.93. The van der Waals surface area contributed by atoms with Crippen molar-refractivity contribution < 1.29 is 33.4 Å². The zero-order chi connectivity index (χ0) is 26.8. The molecule has 0 radical (unpaired) electrons. The van der Waals surface area contributed by atoms with Gasteiger partial charge in [0.05, 0.1) is 5.71 Å². The highest BCUT2D eigenvalue weighted by molar-refractivity contribution is 6.17. The quantitative estimate of drug-likeness (QED) is 0.214. The van der Waals surface area contributed by atoms with Crippen molar-refractivity contribution in [3.8, 4) is 0 Å². The number of allylic oxidation sites excluding steroid dienone is 2. The molecular weight excluding hydrogens is 476 g/mol. The summed E-state index contributed by atoms with van der Waals surface area (Å²) in [5.41, 5.74) is 1.58. The number of nitrogens with zero attached hydrogens (tertiary/aromatic N) is 2. The number of carbonyl (C=O) groups excluding carboxylic acids is 4. The zero-order valence-corrected chi connectivity index (χ0v) is 20.4. The third-order valence-corrected chi connectivity index (χ3v) is 5.27. The predicted octanol–water partition coefficient (Wildman–Crippen LogP) is 5.44. The summed E-state index contributed by atoms with van der Waals surface area (Å²) in [6, 6.07) is 17.2. The van der Waals surface area contributed by atoms with Gasteiger partial charge in [0.15, 0.2) is 6.10 Å². The van der Waals surface area contributed by atoms with Crippen LogP contribution < -0.4 is 0 Å². The highest BCUT2D eigenvalue weighted by Crippen LogP contribution is 2.24. The van der Waals surface area contributed by atoms with Crippen molar-refractivity contribution in [2.24, 2.45) is 15.9 Å². The van der Waals surface area contributed by atoms with Gasteiger partial charge in [0, 0.05) is 42.2 Å². The molecular formula is C28H26N2O7. The first-order valence-electron chi connectivity index (χ1n) is 11.5. The van der Waals surface area contributed by atoms with Gasteiger partial charge >= 0.3 is 18.2 Å². The zero-order valence-electron chi connectivity index (χ0n) is 20.4. The van der Waals surface area contributed by atoms with E-state index in [1.807, 2.05) is 6.92 Å². The molecule has 0 saturated carbocycles. The molecule has 37 heavy (non-hydrogen) atoms. The molecule has 0 heterocycles. The molecule has 0 aromatic heterocycles. The number of hydrogen-bond acceptors (Lipinski definition) is 7. The number of esters is 1. The lowest BCUT2D eigenvalue weighted by atomic mass is 9.94. The van der Waals surface area contributed by atoms with Gasteiger partial charge in [-0.2, -0.15) is 9.98 Å². The van der Waals surface area contributed by atoms with E-state index in [0.29, 0.717) is 22.6 Å². The number of amides is 2. The van der Waals surface area contributed by atoms with Crippen LogP contribution in [0.25, 0.3) is 0 Å². The Morgan fingerprint density at radius 2 is 1.54 bits per heavy atom. The molecule has 0 fully saturated rings. The normalized spacial score (nSPS) is 18.5. The summed E-state index contributed by atoms with van der Waals surface area (Å²) in [6.45, 7) is 6.44. The molecule has 190 valence electrons. The maximum absolute atomic E-state index is 13.1. The van der Waals surface area contributed by atoms with Crippen molar-refractivity contribution in [3.63, 3.8) is 0 Å². The number of ether oxygens (including phenoxy) is 3. The van der Waals surface area contributed by atoms with Crippen LogP contribution in [0, 0.1) is 5.92 Å². The fraction of sp³-hybridized carbons (Fsp3) is 0.214. The Bertz CT molecular complexity index is 1250. The molecule has 0 bridgehead atoms. The minimum absolute atomic E-state index is 0.0747.